The minimum Gasteiger partial charge on any atom is -0.508 e. The molecule has 2 heterocycles. The first-order valence-corrected chi connectivity index (χ1v) is 12.2. The van der Waals surface area contributed by atoms with Crippen LogP contribution in [0.4, 0.5) is 5.69 Å². The molecule has 0 saturated carbocycles. The smallest absolute Gasteiger partial charge is 0.192 e. The van der Waals surface area contributed by atoms with Gasteiger partial charge < -0.3 is 19.7 Å². The van der Waals surface area contributed by atoms with Gasteiger partial charge in [0, 0.05) is 30.5 Å². The summed E-state index contributed by atoms with van der Waals surface area (Å²) in [6.07, 6.45) is 2.97. The van der Waals surface area contributed by atoms with E-state index in [0.717, 1.165) is 19.6 Å². The van der Waals surface area contributed by atoms with Crippen molar-refractivity contribution < 1.29 is 9.53 Å². The van der Waals surface area contributed by atoms with Gasteiger partial charge in [-0.05, 0) is 47.8 Å². The van der Waals surface area contributed by atoms with E-state index in [2.05, 4.69) is 57.2 Å². The standard InChI is InChI=1S/C20H32N2O2Si/c1-14(2)20(3,4)25(5,6)24-13-17-12-21-11-16-9-15-10-18(23)7-8-19(15)22(16)17/h7-8,10-11,14,17,21,23H,9,12-13H2,1-6H3/t17-/m0/s1. The van der Waals surface area contributed by atoms with Gasteiger partial charge in [-0.1, -0.05) is 27.7 Å². The summed E-state index contributed by atoms with van der Waals surface area (Å²) in [7, 11) is -1.84. The third kappa shape index (κ3) is 3.20. The van der Waals surface area contributed by atoms with Crippen LogP contribution in [-0.2, 0) is 10.8 Å². The van der Waals surface area contributed by atoms with Gasteiger partial charge in [-0.25, -0.2) is 0 Å². The molecule has 0 amide bonds. The van der Waals surface area contributed by atoms with Gasteiger partial charge in [0.15, 0.2) is 8.32 Å². The molecule has 2 aliphatic rings. The van der Waals surface area contributed by atoms with Crippen molar-refractivity contribution in [1.29, 1.82) is 0 Å². The zero-order valence-electron chi connectivity index (χ0n) is 16.4. The third-order valence-electron chi connectivity index (χ3n) is 6.62. The van der Waals surface area contributed by atoms with Crippen molar-refractivity contribution in [2.24, 2.45) is 5.92 Å². The van der Waals surface area contributed by atoms with Crippen molar-refractivity contribution >= 4 is 14.0 Å². The maximum absolute atomic E-state index is 9.77. The second kappa shape index (κ2) is 6.36. The highest BCUT2D eigenvalue weighted by atomic mass is 28.4. The number of fused-ring (bicyclic) bond motifs is 3. The summed E-state index contributed by atoms with van der Waals surface area (Å²) < 4.78 is 6.62. The van der Waals surface area contributed by atoms with Crippen molar-refractivity contribution in [2.45, 2.75) is 58.3 Å². The van der Waals surface area contributed by atoms with E-state index in [1.54, 1.807) is 6.07 Å². The number of anilines is 1. The molecule has 25 heavy (non-hydrogen) atoms. The van der Waals surface area contributed by atoms with Crippen molar-refractivity contribution in [3.05, 3.63) is 35.7 Å². The fourth-order valence-electron chi connectivity index (χ4n) is 3.66. The second-order valence-corrected chi connectivity index (χ2v) is 13.4. The lowest BCUT2D eigenvalue weighted by atomic mass is 9.99. The van der Waals surface area contributed by atoms with Gasteiger partial charge in [-0.3, -0.25) is 0 Å². The molecule has 0 saturated heterocycles. The van der Waals surface area contributed by atoms with Gasteiger partial charge in [0.05, 0.1) is 12.6 Å². The number of aromatic hydroxyl groups is 1. The molecule has 0 aromatic heterocycles. The molecule has 3 rings (SSSR count). The molecule has 1 atom stereocenters. The molecule has 0 fully saturated rings. The molecule has 2 aliphatic heterocycles. The highest BCUT2D eigenvalue weighted by Gasteiger charge is 2.44. The molecule has 0 spiro atoms. The fourth-order valence-corrected chi connectivity index (χ4v) is 6.03. The number of rotatable bonds is 5. The van der Waals surface area contributed by atoms with E-state index >= 15 is 0 Å². The summed E-state index contributed by atoms with van der Waals surface area (Å²) in [5.74, 6) is 0.941. The first kappa shape index (κ1) is 18.3. The zero-order valence-corrected chi connectivity index (χ0v) is 17.4. The van der Waals surface area contributed by atoms with E-state index in [0.29, 0.717) is 17.7 Å². The van der Waals surface area contributed by atoms with E-state index in [1.165, 1.54) is 16.9 Å². The number of phenols is 1. The van der Waals surface area contributed by atoms with E-state index in [4.69, 9.17) is 4.43 Å². The molecule has 0 unspecified atom stereocenters. The lowest BCUT2D eigenvalue weighted by Gasteiger charge is -2.44. The topological polar surface area (TPSA) is 44.7 Å². The molecule has 138 valence electrons. The number of nitrogens with zero attached hydrogens (tertiary/aromatic N) is 1. The van der Waals surface area contributed by atoms with Gasteiger partial charge in [-0.2, -0.15) is 0 Å². The van der Waals surface area contributed by atoms with E-state index < -0.39 is 8.32 Å². The Labute approximate surface area is 153 Å². The maximum atomic E-state index is 9.77. The largest absolute Gasteiger partial charge is 0.508 e. The Morgan fingerprint density at radius 2 is 2.08 bits per heavy atom. The Balaban J connectivity index is 1.78. The summed E-state index contributed by atoms with van der Waals surface area (Å²) in [6.45, 7) is 15.6. The van der Waals surface area contributed by atoms with Crippen LogP contribution in [0, 0.1) is 5.92 Å². The fraction of sp³-hybridized carbons (Fsp3) is 0.600. The SMILES string of the molecule is CC(C)C(C)(C)[Si](C)(C)OC[C@@H]1CNC=C2Cc3cc(O)ccc3N21. The lowest BCUT2D eigenvalue weighted by molar-refractivity contribution is 0.242. The van der Waals surface area contributed by atoms with Gasteiger partial charge in [0.25, 0.3) is 0 Å². The van der Waals surface area contributed by atoms with Crippen molar-refractivity contribution in [3.63, 3.8) is 0 Å². The number of nitrogens with one attached hydrogen (secondary N) is 1. The monoisotopic (exact) mass is 360 g/mol. The average Bonchev–Trinajstić information content (AvgIpc) is 2.90. The lowest BCUT2D eigenvalue weighted by Crippen LogP contribution is -2.52. The second-order valence-electron chi connectivity index (χ2n) is 8.76. The molecular formula is C20H32N2O2Si. The number of benzene rings is 1. The molecule has 2 N–H and O–H groups in total. The van der Waals surface area contributed by atoms with Crippen LogP contribution in [-0.4, -0.2) is 32.6 Å². The summed E-state index contributed by atoms with van der Waals surface area (Å²) in [5, 5.41) is 13.4. The molecular weight excluding hydrogens is 328 g/mol. The molecule has 0 aliphatic carbocycles. The average molecular weight is 361 g/mol. The van der Waals surface area contributed by atoms with Crippen molar-refractivity contribution in [3.8, 4) is 5.75 Å². The van der Waals surface area contributed by atoms with E-state index in [1.807, 2.05) is 12.1 Å². The third-order valence-corrected chi connectivity index (χ3v) is 11.2. The van der Waals surface area contributed by atoms with Crippen molar-refractivity contribution in [2.75, 3.05) is 18.1 Å². The summed E-state index contributed by atoms with van der Waals surface area (Å²) in [5.41, 5.74) is 3.67. The Hall–Kier alpha value is -1.46. The van der Waals surface area contributed by atoms with Crippen LogP contribution >= 0.6 is 0 Å². The highest BCUT2D eigenvalue weighted by molar-refractivity contribution is 6.74. The predicted molar refractivity (Wildman–Crippen MR) is 106 cm³/mol. The van der Waals surface area contributed by atoms with E-state index in [9.17, 15) is 5.11 Å². The number of allylic oxidation sites excluding steroid dienone is 1. The molecule has 1 aromatic rings. The Kier molecular flexibility index (Phi) is 4.66. The van der Waals surface area contributed by atoms with Gasteiger partial charge >= 0.3 is 0 Å². The molecule has 5 heteroatoms. The first-order valence-electron chi connectivity index (χ1n) is 9.31. The highest BCUT2D eigenvalue weighted by Crippen LogP contribution is 2.45. The minimum atomic E-state index is -1.84. The Morgan fingerprint density at radius 1 is 1.36 bits per heavy atom. The number of hydrogen-bond donors (Lipinski definition) is 2. The van der Waals surface area contributed by atoms with Crippen LogP contribution in [0.2, 0.25) is 18.1 Å². The van der Waals surface area contributed by atoms with Gasteiger partial charge in [-0.15, -0.1) is 0 Å². The van der Waals surface area contributed by atoms with Gasteiger partial charge in [0.2, 0.25) is 0 Å². The summed E-state index contributed by atoms with van der Waals surface area (Å²) in [4.78, 5) is 2.40. The Bertz CT molecular complexity index is 682. The van der Waals surface area contributed by atoms with Crippen LogP contribution in [0.5, 0.6) is 5.75 Å². The molecule has 0 bridgehead atoms. The number of phenolic OH excluding ortho intramolecular Hbond substituents is 1. The number of hydrogen-bond acceptors (Lipinski definition) is 4. The zero-order chi connectivity index (χ0) is 18.4. The van der Waals surface area contributed by atoms with Crippen LogP contribution in [0.1, 0.15) is 33.3 Å². The normalized spacial score (nSPS) is 20.2. The minimum absolute atomic E-state index is 0.225. The van der Waals surface area contributed by atoms with Crippen LogP contribution < -0.4 is 10.2 Å². The van der Waals surface area contributed by atoms with E-state index in [-0.39, 0.29) is 5.04 Å². The quantitative estimate of drug-likeness (QED) is 0.772. The van der Waals surface area contributed by atoms with Crippen LogP contribution in [0.3, 0.4) is 0 Å². The molecule has 4 nitrogen and oxygen atoms in total. The molecule has 0 radical (unpaired) electrons. The molecule has 1 aromatic carbocycles. The maximum Gasteiger partial charge on any atom is 0.192 e. The Morgan fingerprint density at radius 3 is 2.76 bits per heavy atom. The predicted octanol–water partition coefficient (Wildman–Crippen LogP) is 4.23. The summed E-state index contributed by atoms with van der Waals surface area (Å²) >= 11 is 0. The van der Waals surface area contributed by atoms with Crippen molar-refractivity contribution in [1.82, 2.24) is 5.32 Å². The first-order chi connectivity index (χ1) is 11.6. The van der Waals surface area contributed by atoms with Crippen LogP contribution in [0.25, 0.3) is 0 Å². The summed E-state index contributed by atoms with van der Waals surface area (Å²) in [6, 6.07) is 5.99. The van der Waals surface area contributed by atoms with Gasteiger partial charge in [0.1, 0.15) is 5.75 Å². The van der Waals surface area contributed by atoms with Crippen LogP contribution in [0.15, 0.2) is 30.1 Å².